The third-order valence-corrected chi connectivity index (χ3v) is 6.88. The van der Waals surface area contributed by atoms with Crippen LogP contribution in [0, 0.1) is 0 Å². The molecule has 1 aliphatic heterocycles. The summed E-state index contributed by atoms with van der Waals surface area (Å²) in [6.45, 7) is 2.15. The van der Waals surface area contributed by atoms with Gasteiger partial charge >= 0.3 is 0 Å². The summed E-state index contributed by atoms with van der Waals surface area (Å²) in [6, 6.07) is 8.31. The molecule has 1 aromatic carbocycles. The largest absolute Gasteiger partial charge is 0.340 e. The maximum Gasteiger partial charge on any atom is 0.121 e. The molecule has 13 heavy (non-hydrogen) atoms. The molecule has 0 radical (unpaired) electrons. The van der Waals surface area contributed by atoms with Gasteiger partial charge in [0.1, 0.15) is 6.34 Å². The summed E-state index contributed by atoms with van der Waals surface area (Å²) in [5.41, 5.74) is 2.43. The molecule has 2 nitrogen and oxygen atoms in total. The normalized spacial score (nSPS) is 25.5. The number of fused-ring (bicyclic) bond motifs is 1. The van der Waals surface area contributed by atoms with Gasteiger partial charge in [-0.1, -0.05) is 30.9 Å². The SMILES string of the molecule is CCP1(=S)Nc2ccccc2N1C. The fraction of sp³-hybridized carbons (Fsp3) is 0.333. The van der Waals surface area contributed by atoms with Crippen LogP contribution >= 0.6 is 6.34 Å². The molecule has 1 heterocycles. The summed E-state index contributed by atoms with van der Waals surface area (Å²) in [6.07, 6.45) is -0.486. The number of benzene rings is 1. The molecular weight excluding hydrogens is 199 g/mol. The van der Waals surface area contributed by atoms with E-state index in [1.54, 1.807) is 0 Å². The van der Waals surface area contributed by atoms with Crippen molar-refractivity contribution in [2.45, 2.75) is 6.92 Å². The number of nitrogens with zero attached hydrogens (tertiary/aromatic N) is 1. The van der Waals surface area contributed by atoms with E-state index < -0.39 is 6.34 Å². The number of hydrogen-bond donors (Lipinski definition) is 1. The van der Waals surface area contributed by atoms with Gasteiger partial charge in [0.25, 0.3) is 0 Å². The molecule has 1 atom stereocenters. The van der Waals surface area contributed by atoms with Crippen LogP contribution in [-0.2, 0) is 11.8 Å². The highest BCUT2D eigenvalue weighted by atomic mass is 32.4. The lowest BCUT2D eigenvalue weighted by Crippen LogP contribution is -2.12. The Labute approximate surface area is 84.1 Å². The quantitative estimate of drug-likeness (QED) is 0.720. The molecule has 1 aromatic rings. The van der Waals surface area contributed by atoms with E-state index in [-0.39, 0.29) is 0 Å². The monoisotopic (exact) mass is 212 g/mol. The predicted molar refractivity (Wildman–Crippen MR) is 63.3 cm³/mol. The molecule has 4 heteroatoms. The van der Waals surface area contributed by atoms with Crippen molar-refractivity contribution in [3.63, 3.8) is 0 Å². The third kappa shape index (κ3) is 1.27. The Morgan fingerprint density at radius 2 is 2.15 bits per heavy atom. The van der Waals surface area contributed by atoms with Crippen molar-refractivity contribution in [1.82, 2.24) is 0 Å². The second kappa shape index (κ2) is 3.00. The molecule has 1 unspecified atom stereocenters. The lowest BCUT2D eigenvalue weighted by molar-refractivity contribution is 1.34. The fourth-order valence-electron chi connectivity index (χ4n) is 1.58. The highest BCUT2D eigenvalue weighted by Crippen LogP contribution is 2.58. The first-order chi connectivity index (χ1) is 6.17. The number of anilines is 2. The molecule has 1 aliphatic rings. The van der Waals surface area contributed by atoms with Crippen LogP contribution < -0.4 is 9.76 Å². The van der Waals surface area contributed by atoms with Crippen molar-refractivity contribution in [3.05, 3.63) is 24.3 Å². The fourth-order valence-corrected chi connectivity index (χ4v) is 3.96. The van der Waals surface area contributed by atoms with Gasteiger partial charge in [-0.2, -0.15) is 0 Å². The van der Waals surface area contributed by atoms with E-state index in [9.17, 15) is 0 Å². The maximum atomic E-state index is 5.62. The van der Waals surface area contributed by atoms with E-state index in [4.69, 9.17) is 11.8 Å². The zero-order valence-electron chi connectivity index (χ0n) is 7.82. The van der Waals surface area contributed by atoms with Crippen LogP contribution in [0.5, 0.6) is 0 Å². The van der Waals surface area contributed by atoms with Gasteiger partial charge in [-0.3, -0.25) is 0 Å². The van der Waals surface area contributed by atoms with Gasteiger partial charge in [0.05, 0.1) is 11.4 Å². The first-order valence-corrected chi connectivity index (χ1v) is 7.32. The molecule has 0 aliphatic carbocycles. The molecule has 2 rings (SSSR count). The Kier molecular flexibility index (Phi) is 2.09. The van der Waals surface area contributed by atoms with Crippen LogP contribution in [0.2, 0.25) is 0 Å². The lowest BCUT2D eigenvalue weighted by atomic mass is 10.3. The van der Waals surface area contributed by atoms with E-state index >= 15 is 0 Å². The Morgan fingerprint density at radius 1 is 1.46 bits per heavy atom. The molecule has 0 bridgehead atoms. The Bertz CT molecular complexity index is 378. The van der Waals surface area contributed by atoms with E-state index in [0.29, 0.717) is 0 Å². The van der Waals surface area contributed by atoms with Crippen molar-refractivity contribution < 1.29 is 0 Å². The van der Waals surface area contributed by atoms with Crippen LogP contribution in [0.15, 0.2) is 24.3 Å². The van der Waals surface area contributed by atoms with Gasteiger partial charge in [0, 0.05) is 13.2 Å². The van der Waals surface area contributed by atoms with E-state index in [1.165, 1.54) is 11.4 Å². The summed E-state index contributed by atoms with van der Waals surface area (Å²) < 4.78 is 2.23. The molecule has 0 spiro atoms. The number of hydrogen-bond acceptors (Lipinski definition) is 1. The molecule has 0 saturated carbocycles. The number of nitrogens with one attached hydrogen (secondary N) is 1. The Balaban J connectivity index is 2.49. The molecular formula is C9H13N2PS. The highest BCUT2D eigenvalue weighted by Gasteiger charge is 2.29. The summed E-state index contributed by atoms with van der Waals surface area (Å²) in [4.78, 5) is 0. The summed E-state index contributed by atoms with van der Waals surface area (Å²) in [7, 11) is 2.09. The van der Waals surface area contributed by atoms with Crippen molar-refractivity contribution in [1.29, 1.82) is 0 Å². The minimum absolute atomic E-state index is 1.02. The van der Waals surface area contributed by atoms with Crippen LogP contribution in [-0.4, -0.2) is 13.2 Å². The molecule has 0 fully saturated rings. The standard InChI is InChI=1S/C9H13N2PS/c1-3-12(13)10-8-6-4-5-7-9(8)11(12)2/h4-7H,3H2,1-2H3,(H,10,13). The van der Waals surface area contributed by atoms with Crippen LogP contribution in [0.25, 0.3) is 0 Å². The van der Waals surface area contributed by atoms with E-state index in [1.807, 2.05) is 6.07 Å². The minimum Gasteiger partial charge on any atom is -0.340 e. The van der Waals surface area contributed by atoms with Crippen molar-refractivity contribution >= 4 is 29.5 Å². The second-order valence-corrected chi connectivity index (χ2v) is 7.84. The van der Waals surface area contributed by atoms with Crippen molar-refractivity contribution in [2.75, 3.05) is 23.0 Å². The van der Waals surface area contributed by atoms with Gasteiger partial charge in [-0.15, -0.1) is 0 Å². The predicted octanol–water partition coefficient (Wildman–Crippen LogP) is 2.88. The van der Waals surface area contributed by atoms with Gasteiger partial charge in [0.2, 0.25) is 0 Å². The van der Waals surface area contributed by atoms with Crippen LogP contribution in [0.4, 0.5) is 11.4 Å². The smallest absolute Gasteiger partial charge is 0.121 e. The second-order valence-electron chi connectivity index (χ2n) is 3.17. The first kappa shape index (κ1) is 9.04. The van der Waals surface area contributed by atoms with Gasteiger partial charge in [-0.05, 0) is 12.1 Å². The summed E-state index contributed by atoms with van der Waals surface area (Å²) >= 11 is 5.62. The van der Waals surface area contributed by atoms with E-state index in [0.717, 1.165) is 6.16 Å². The molecule has 0 saturated heterocycles. The highest BCUT2D eigenvalue weighted by molar-refractivity contribution is 8.16. The van der Waals surface area contributed by atoms with Gasteiger partial charge in [0.15, 0.2) is 0 Å². The van der Waals surface area contributed by atoms with Crippen molar-refractivity contribution in [3.8, 4) is 0 Å². The molecule has 0 aromatic heterocycles. The zero-order valence-corrected chi connectivity index (χ0v) is 9.53. The van der Waals surface area contributed by atoms with Crippen molar-refractivity contribution in [2.24, 2.45) is 0 Å². The Hall–Kier alpha value is -0.530. The summed E-state index contributed by atoms with van der Waals surface area (Å²) in [5, 5.41) is 3.46. The molecule has 70 valence electrons. The maximum absolute atomic E-state index is 5.62. The first-order valence-electron chi connectivity index (χ1n) is 4.38. The zero-order chi connectivity index (χ0) is 9.47. The average Bonchev–Trinajstić information content (AvgIpc) is 2.41. The number of para-hydroxylation sites is 2. The van der Waals surface area contributed by atoms with E-state index in [2.05, 4.69) is 41.9 Å². The Morgan fingerprint density at radius 3 is 2.77 bits per heavy atom. The van der Waals surface area contributed by atoms with Gasteiger partial charge < -0.3 is 9.76 Å². The molecule has 0 amide bonds. The van der Waals surface area contributed by atoms with Crippen LogP contribution in [0.1, 0.15) is 6.92 Å². The van der Waals surface area contributed by atoms with Crippen LogP contribution in [0.3, 0.4) is 0 Å². The third-order valence-electron chi connectivity index (χ3n) is 2.46. The number of rotatable bonds is 1. The summed E-state index contributed by atoms with van der Waals surface area (Å²) in [5.74, 6) is 0. The van der Waals surface area contributed by atoms with Gasteiger partial charge in [-0.25, -0.2) is 0 Å². The molecule has 1 N–H and O–H groups in total. The minimum atomic E-state index is -1.51. The topological polar surface area (TPSA) is 15.3 Å². The lowest BCUT2D eigenvalue weighted by Gasteiger charge is -2.24. The average molecular weight is 212 g/mol.